The smallest absolute Gasteiger partial charge is 0.0726 e. The molecule has 1 heteroatoms. The number of hydrogen-bond acceptors (Lipinski definition) is 1. The highest BCUT2D eigenvalue weighted by Crippen LogP contribution is 2.64. The minimum Gasteiger partial charge on any atom is -0.309 e. The minimum atomic E-state index is -0.540. The van der Waals surface area contributed by atoms with Gasteiger partial charge >= 0.3 is 0 Å². The fraction of sp³-hybridized carbons (Fsp3) is 0.0137. The van der Waals surface area contributed by atoms with E-state index in [9.17, 15) is 0 Å². The van der Waals surface area contributed by atoms with E-state index in [1.54, 1.807) is 0 Å². The molecule has 16 rings (SSSR count). The average molecular weight is 936 g/mol. The van der Waals surface area contributed by atoms with Crippen molar-refractivity contribution in [3.05, 3.63) is 295 Å². The Morgan fingerprint density at radius 2 is 0.676 bits per heavy atom. The summed E-state index contributed by atoms with van der Waals surface area (Å²) in [6.07, 6.45) is 0. The molecule has 14 aromatic carbocycles. The van der Waals surface area contributed by atoms with Crippen molar-refractivity contribution in [2.45, 2.75) is 5.41 Å². The Kier molecular flexibility index (Phi) is 8.73. The van der Waals surface area contributed by atoms with E-state index in [2.05, 4.69) is 278 Å². The third-order valence-corrected chi connectivity index (χ3v) is 16.6. The van der Waals surface area contributed by atoms with Gasteiger partial charge in [-0.1, -0.05) is 237 Å². The third kappa shape index (κ3) is 5.75. The number of anilines is 3. The molecule has 0 bridgehead atoms. The summed E-state index contributed by atoms with van der Waals surface area (Å²) < 4.78 is 0. The maximum atomic E-state index is 2.61. The first-order valence-corrected chi connectivity index (χ1v) is 25.8. The molecule has 1 spiro atoms. The largest absolute Gasteiger partial charge is 0.309 e. The van der Waals surface area contributed by atoms with Gasteiger partial charge in [0.2, 0.25) is 0 Å². The molecule has 342 valence electrons. The molecular weight excluding hydrogens is 891 g/mol. The van der Waals surface area contributed by atoms with Crippen LogP contribution in [-0.4, -0.2) is 0 Å². The second-order valence-corrected chi connectivity index (χ2v) is 20.3. The van der Waals surface area contributed by atoms with Gasteiger partial charge in [0.05, 0.1) is 16.8 Å². The third-order valence-electron chi connectivity index (χ3n) is 16.6. The van der Waals surface area contributed by atoms with Crippen LogP contribution in [0.1, 0.15) is 22.3 Å². The van der Waals surface area contributed by atoms with Crippen LogP contribution >= 0.6 is 0 Å². The summed E-state index contributed by atoms with van der Waals surface area (Å²) in [4.78, 5) is 2.61. The molecule has 74 heavy (non-hydrogen) atoms. The zero-order valence-electron chi connectivity index (χ0n) is 40.4. The Hall–Kier alpha value is -9.56. The van der Waals surface area contributed by atoms with Gasteiger partial charge in [0.25, 0.3) is 0 Å². The topological polar surface area (TPSA) is 3.24 Å². The van der Waals surface area contributed by atoms with Crippen LogP contribution in [0, 0.1) is 0 Å². The summed E-state index contributed by atoms with van der Waals surface area (Å²) in [6.45, 7) is 0. The van der Waals surface area contributed by atoms with Crippen LogP contribution in [0.15, 0.2) is 273 Å². The van der Waals surface area contributed by atoms with E-state index >= 15 is 0 Å². The summed E-state index contributed by atoms with van der Waals surface area (Å²) in [7, 11) is 0. The van der Waals surface area contributed by atoms with E-state index in [1.807, 2.05) is 0 Å². The van der Waals surface area contributed by atoms with Crippen molar-refractivity contribution >= 4 is 81.7 Å². The Bertz CT molecular complexity index is 4590. The molecule has 0 unspecified atom stereocenters. The molecule has 0 radical (unpaired) electrons. The van der Waals surface area contributed by atoms with Crippen LogP contribution in [0.25, 0.3) is 109 Å². The highest BCUT2D eigenvalue weighted by atomic mass is 15.1. The fourth-order valence-electron chi connectivity index (χ4n) is 13.4. The van der Waals surface area contributed by atoms with Gasteiger partial charge in [-0.15, -0.1) is 0 Å². The molecule has 2 aliphatic rings. The average Bonchev–Trinajstić information content (AvgIpc) is 3.95. The molecule has 0 atom stereocenters. The number of nitrogens with zero attached hydrogens (tertiary/aromatic N) is 1. The maximum absolute atomic E-state index is 2.61. The van der Waals surface area contributed by atoms with Crippen molar-refractivity contribution in [1.29, 1.82) is 0 Å². The predicted octanol–water partition coefficient (Wildman–Crippen LogP) is 19.8. The van der Waals surface area contributed by atoms with Crippen molar-refractivity contribution < 1.29 is 0 Å². The second-order valence-electron chi connectivity index (χ2n) is 20.3. The van der Waals surface area contributed by atoms with E-state index < -0.39 is 5.41 Å². The lowest BCUT2D eigenvalue weighted by atomic mass is 9.70. The quantitative estimate of drug-likeness (QED) is 0.155. The molecule has 0 saturated carbocycles. The van der Waals surface area contributed by atoms with Crippen molar-refractivity contribution in [3.8, 4) is 44.5 Å². The van der Waals surface area contributed by atoms with Gasteiger partial charge in [-0.05, 0) is 157 Å². The Morgan fingerprint density at radius 3 is 1.31 bits per heavy atom. The second kappa shape index (κ2) is 15.7. The molecular formula is C73H45N. The van der Waals surface area contributed by atoms with Crippen LogP contribution in [0.3, 0.4) is 0 Å². The SMILES string of the molecule is c1ccc2c(c1)-c1ccccc1C21c2ccccc2-c2cc(-c3ccc(-c4ccc5ccccc5c4)cc3)c(N(c3ccc4c5ccccc5c5ccccc5c4c3)c3cc4ccccc4c4ccccc34)cc21. The number of fused-ring (bicyclic) bond motifs is 20. The predicted molar refractivity (Wildman–Crippen MR) is 313 cm³/mol. The van der Waals surface area contributed by atoms with E-state index in [1.165, 1.54) is 126 Å². The lowest BCUT2D eigenvalue weighted by Gasteiger charge is -2.34. The monoisotopic (exact) mass is 935 g/mol. The van der Waals surface area contributed by atoms with Crippen LogP contribution in [-0.2, 0) is 5.41 Å². The van der Waals surface area contributed by atoms with Gasteiger partial charge in [0.15, 0.2) is 0 Å². The maximum Gasteiger partial charge on any atom is 0.0726 e. The zero-order chi connectivity index (χ0) is 48.5. The number of rotatable bonds is 5. The normalized spacial score (nSPS) is 13.0. The van der Waals surface area contributed by atoms with Crippen LogP contribution < -0.4 is 4.90 Å². The first-order chi connectivity index (χ1) is 36.7. The molecule has 0 amide bonds. The van der Waals surface area contributed by atoms with Gasteiger partial charge in [0, 0.05) is 16.6 Å². The van der Waals surface area contributed by atoms with Gasteiger partial charge in [-0.25, -0.2) is 0 Å². The van der Waals surface area contributed by atoms with Gasteiger partial charge in [-0.2, -0.15) is 0 Å². The number of benzene rings is 14. The van der Waals surface area contributed by atoms with Crippen molar-refractivity contribution in [1.82, 2.24) is 0 Å². The zero-order valence-corrected chi connectivity index (χ0v) is 40.4. The first-order valence-electron chi connectivity index (χ1n) is 25.8. The van der Waals surface area contributed by atoms with Crippen LogP contribution in [0.4, 0.5) is 17.1 Å². The minimum absolute atomic E-state index is 0.540. The lowest BCUT2D eigenvalue weighted by Crippen LogP contribution is -2.26. The fourth-order valence-corrected chi connectivity index (χ4v) is 13.4. The van der Waals surface area contributed by atoms with E-state index in [0.29, 0.717) is 0 Å². The molecule has 1 nitrogen and oxygen atoms in total. The highest BCUT2D eigenvalue weighted by Gasteiger charge is 2.52. The van der Waals surface area contributed by atoms with Crippen LogP contribution in [0.2, 0.25) is 0 Å². The van der Waals surface area contributed by atoms with E-state index in [-0.39, 0.29) is 0 Å². The van der Waals surface area contributed by atoms with Gasteiger partial charge in [0.1, 0.15) is 0 Å². The van der Waals surface area contributed by atoms with Crippen molar-refractivity contribution in [3.63, 3.8) is 0 Å². The van der Waals surface area contributed by atoms with Crippen molar-refractivity contribution in [2.24, 2.45) is 0 Å². The summed E-state index contributed by atoms with van der Waals surface area (Å²) in [5, 5.41) is 14.9. The molecule has 2 aliphatic carbocycles. The Morgan fingerprint density at radius 1 is 0.216 bits per heavy atom. The molecule has 0 aliphatic heterocycles. The summed E-state index contributed by atoms with van der Waals surface area (Å²) in [6, 6.07) is 103. The Labute approximate surface area is 429 Å². The van der Waals surface area contributed by atoms with Gasteiger partial charge < -0.3 is 4.90 Å². The number of hydrogen-bond donors (Lipinski definition) is 0. The molecule has 0 N–H and O–H groups in total. The van der Waals surface area contributed by atoms with E-state index in [0.717, 1.165) is 22.6 Å². The molecule has 0 aromatic heterocycles. The first kappa shape index (κ1) is 41.1. The molecule has 0 fully saturated rings. The molecule has 0 saturated heterocycles. The summed E-state index contributed by atoms with van der Waals surface area (Å²) in [5.74, 6) is 0. The summed E-state index contributed by atoms with van der Waals surface area (Å²) in [5.41, 5.74) is 18.0. The standard InChI is InChI=1S/C73H45N/c1-2-18-49-41-50(38-35-46(49)17-1)47-33-36-48(37-34-47)64-44-66-62-28-13-16-32-69(62)73(67-30-14-11-26-60(67)61-27-12-15-31-68(61)73)70(66)45-72(64)74(71-42-51-19-3-4-20-53(51)54-21-9-10-29-63(54)71)52-39-40-59-57-24-6-5-22-55(57)56-23-7-8-25-58(56)65(59)43-52/h1-45H. The highest BCUT2D eigenvalue weighted by molar-refractivity contribution is 6.26. The lowest BCUT2D eigenvalue weighted by molar-refractivity contribution is 0.794. The van der Waals surface area contributed by atoms with Crippen LogP contribution in [0.5, 0.6) is 0 Å². The summed E-state index contributed by atoms with van der Waals surface area (Å²) >= 11 is 0. The van der Waals surface area contributed by atoms with Gasteiger partial charge in [-0.3, -0.25) is 0 Å². The van der Waals surface area contributed by atoms with E-state index in [4.69, 9.17) is 0 Å². The Balaban J connectivity index is 1.04. The van der Waals surface area contributed by atoms with Crippen molar-refractivity contribution in [2.75, 3.05) is 4.90 Å². The molecule has 14 aromatic rings. The molecule has 0 heterocycles.